The molecule has 0 atom stereocenters. The van der Waals surface area contributed by atoms with E-state index in [1.54, 1.807) is 47.1 Å². The van der Waals surface area contributed by atoms with Crippen molar-refractivity contribution < 1.29 is 9.59 Å². The first-order chi connectivity index (χ1) is 13.1. The predicted octanol–water partition coefficient (Wildman–Crippen LogP) is 1.33. The van der Waals surface area contributed by atoms with Gasteiger partial charge in [-0.15, -0.1) is 0 Å². The second-order valence-corrected chi connectivity index (χ2v) is 5.97. The molecule has 0 saturated carbocycles. The molecule has 0 radical (unpaired) electrons. The Bertz CT molecular complexity index is 999. The van der Waals surface area contributed by atoms with Crippen LogP contribution < -0.4 is 16.1 Å². The minimum atomic E-state index is -0.172. The van der Waals surface area contributed by atoms with Gasteiger partial charge in [0.15, 0.2) is 0 Å². The van der Waals surface area contributed by atoms with Crippen LogP contribution in [-0.4, -0.2) is 34.7 Å². The fraction of sp³-hybridized carbons (Fsp3) is 0.200. The molecule has 7 heteroatoms. The Hall–Kier alpha value is -3.48. The van der Waals surface area contributed by atoms with Crippen LogP contribution >= 0.6 is 0 Å². The number of para-hydroxylation sites is 1. The third-order valence-electron chi connectivity index (χ3n) is 4.08. The van der Waals surface area contributed by atoms with E-state index in [-0.39, 0.29) is 23.7 Å². The quantitative estimate of drug-likeness (QED) is 0.619. The van der Waals surface area contributed by atoms with Gasteiger partial charge in [0.1, 0.15) is 0 Å². The normalized spacial score (nSPS) is 10.5. The van der Waals surface area contributed by atoms with Crippen molar-refractivity contribution in [2.24, 2.45) is 0 Å². The molecule has 138 valence electrons. The standard InChI is InChI=1S/C20H20N4O3/c25-18-14-23-24(17-9-5-4-8-16(17)18)13-10-19(26)21-11-12-22-20(27)15-6-2-1-3-7-15/h1-9,14H,10-13H2,(H,21,26)(H,22,27). The summed E-state index contributed by atoms with van der Waals surface area (Å²) in [6, 6.07) is 16.1. The molecule has 3 rings (SSSR count). The summed E-state index contributed by atoms with van der Waals surface area (Å²) in [6.07, 6.45) is 1.49. The Morgan fingerprint density at radius 1 is 0.926 bits per heavy atom. The molecule has 7 nitrogen and oxygen atoms in total. The molecular weight excluding hydrogens is 344 g/mol. The van der Waals surface area contributed by atoms with E-state index in [1.807, 2.05) is 12.1 Å². The van der Waals surface area contributed by atoms with E-state index < -0.39 is 0 Å². The molecule has 0 aliphatic rings. The van der Waals surface area contributed by atoms with Crippen molar-refractivity contribution in [3.63, 3.8) is 0 Å². The van der Waals surface area contributed by atoms with Crippen molar-refractivity contribution in [1.29, 1.82) is 0 Å². The maximum Gasteiger partial charge on any atom is 0.251 e. The van der Waals surface area contributed by atoms with Crippen LogP contribution in [-0.2, 0) is 11.3 Å². The van der Waals surface area contributed by atoms with Gasteiger partial charge in [-0.1, -0.05) is 30.3 Å². The lowest BCUT2D eigenvalue weighted by Crippen LogP contribution is -2.35. The van der Waals surface area contributed by atoms with E-state index in [2.05, 4.69) is 15.7 Å². The van der Waals surface area contributed by atoms with Crippen LogP contribution in [0.15, 0.2) is 65.6 Å². The largest absolute Gasteiger partial charge is 0.354 e. The molecule has 3 aromatic rings. The van der Waals surface area contributed by atoms with Crippen molar-refractivity contribution >= 4 is 22.7 Å². The van der Waals surface area contributed by atoms with Crippen LogP contribution in [0.25, 0.3) is 10.9 Å². The molecule has 1 aromatic heterocycles. The monoisotopic (exact) mass is 364 g/mol. The van der Waals surface area contributed by atoms with E-state index in [0.29, 0.717) is 36.1 Å². The smallest absolute Gasteiger partial charge is 0.251 e. The Morgan fingerprint density at radius 3 is 2.44 bits per heavy atom. The number of carbonyl (C=O) groups excluding carboxylic acids is 2. The van der Waals surface area contributed by atoms with Gasteiger partial charge in [-0.05, 0) is 24.3 Å². The highest BCUT2D eigenvalue weighted by Gasteiger charge is 2.07. The zero-order chi connectivity index (χ0) is 19.1. The highest BCUT2D eigenvalue weighted by Crippen LogP contribution is 2.08. The van der Waals surface area contributed by atoms with Crippen LogP contribution in [0, 0.1) is 0 Å². The van der Waals surface area contributed by atoms with Crippen molar-refractivity contribution in [1.82, 2.24) is 20.4 Å². The average Bonchev–Trinajstić information content (AvgIpc) is 2.71. The molecule has 0 aliphatic heterocycles. The van der Waals surface area contributed by atoms with Gasteiger partial charge in [-0.2, -0.15) is 5.10 Å². The van der Waals surface area contributed by atoms with E-state index in [4.69, 9.17) is 0 Å². The molecule has 0 saturated heterocycles. The summed E-state index contributed by atoms with van der Waals surface area (Å²) in [6.45, 7) is 1.05. The number of nitrogens with one attached hydrogen (secondary N) is 2. The summed E-state index contributed by atoms with van der Waals surface area (Å²) < 4.78 is 1.65. The highest BCUT2D eigenvalue weighted by atomic mass is 16.2. The first kappa shape index (κ1) is 18.3. The molecule has 0 fully saturated rings. The topological polar surface area (TPSA) is 93.1 Å². The molecule has 0 unspecified atom stereocenters. The van der Waals surface area contributed by atoms with Gasteiger partial charge in [0.05, 0.1) is 18.3 Å². The summed E-state index contributed by atoms with van der Waals surface area (Å²) >= 11 is 0. The Kier molecular flexibility index (Phi) is 5.94. The second kappa shape index (κ2) is 8.75. The maximum absolute atomic E-state index is 12.0. The van der Waals surface area contributed by atoms with Gasteiger partial charge in [0.2, 0.25) is 11.3 Å². The van der Waals surface area contributed by atoms with Crippen LogP contribution in [0.3, 0.4) is 0 Å². The summed E-state index contributed by atoms with van der Waals surface area (Å²) in [4.78, 5) is 35.7. The number of fused-ring (bicyclic) bond motifs is 1. The van der Waals surface area contributed by atoms with Gasteiger partial charge in [-0.25, -0.2) is 0 Å². The number of hydrogen-bond acceptors (Lipinski definition) is 4. The van der Waals surface area contributed by atoms with Crippen LogP contribution in [0.4, 0.5) is 0 Å². The van der Waals surface area contributed by atoms with Crippen LogP contribution in [0.1, 0.15) is 16.8 Å². The Balaban J connectivity index is 1.45. The summed E-state index contributed by atoms with van der Waals surface area (Å²) in [7, 11) is 0. The average molecular weight is 364 g/mol. The Labute approximate surface area is 156 Å². The summed E-state index contributed by atoms with van der Waals surface area (Å²) in [5, 5.41) is 10.2. The fourth-order valence-electron chi connectivity index (χ4n) is 2.70. The van der Waals surface area contributed by atoms with E-state index in [9.17, 15) is 14.4 Å². The molecule has 2 aromatic carbocycles. The van der Waals surface area contributed by atoms with Crippen molar-refractivity contribution in [2.45, 2.75) is 13.0 Å². The van der Waals surface area contributed by atoms with Gasteiger partial charge in [0, 0.05) is 30.5 Å². The number of aryl methyl sites for hydroxylation is 1. The third-order valence-corrected chi connectivity index (χ3v) is 4.08. The number of aromatic nitrogens is 2. The predicted molar refractivity (Wildman–Crippen MR) is 102 cm³/mol. The number of benzene rings is 2. The van der Waals surface area contributed by atoms with E-state index >= 15 is 0 Å². The number of carbonyl (C=O) groups is 2. The molecule has 1 heterocycles. The first-order valence-corrected chi connectivity index (χ1v) is 8.70. The lowest BCUT2D eigenvalue weighted by molar-refractivity contribution is -0.121. The number of hydrogen-bond donors (Lipinski definition) is 2. The molecule has 2 amide bonds. The summed E-state index contributed by atoms with van der Waals surface area (Å²) in [5.74, 6) is -0.317. The number of nitrogens with zero attached hydrogens (tertiary/aromatic N) is 2. The van der Waals surface area contributed by atoms with Crippen molar-refractivity contribution in [3.8, 4) is 0 Å². The highest BCUT2D eigenvalue weighted by molar-refractivity contribution is 5.94. The van der Waals surface area contributed by atoms with Crippen molar-refractivity contribution in [3.05, 3.63) is 76.6 Å². The maximum atomic E-state index is 12.0. The zero-order valence-corrected chi connectivity index (χ0v) is 14.7. The van der Waals surface area contributed by atoms with Gasteiger partial charge >= 0.3 is 0 Å². The molecule has 0 spiro atoms. The lowest BCUT2D eigenvalue weighted by atomic mass is 10.2. The summed E-state index contributed by atoms with van der Waals surface area (Å²) in [5.41, 5.74) is 1.15. The Morgan fingerprint density at radius 2 is 1.63 bits per heavy atom. The first-order valence-electron chi connectivity index (χ1n) is 8.70. The third kappa shape index (κ3) is 4.78. The zero-order valence-electron chi connectivity index (χ0n) is 14.7. The molecule has 2 N–H and O–H groups in total. The number of amides is 2. The molecule has 27 heavy (non-hydrogen) atoms. The van der Waals surface area contributed by atoms with Gasteiger partial charge < -0.3 is 10.6 Å². The number of rotatable bonds is 7. The molecular formula is C20H20N4O3. The van der Waals surface area contributed by atoms with Crippen LogP contribution in [0.5, 0.6) is 0 Å². The molecule has 0 bridgehead atoms. The molecule has 0 aliphatic carbocycles. The van der Waals surface area contributed by atoms with Gasteiger partial charge in [0.25, 0.3) is 5.91 Å². The van der Waals surface area contributed by atoms with E-state index in [0.717, 1.165) is 0 Å². The SMILES string of the molecule is O=C(CCn1ncc(=O)c2ccccc21)NCCNC(=O)c1ccccc1. The van der Waals surface area contributed by atoms with Crippen molar-refractivity contribution in [2.75, 3.05) is 13.1 Å². The van der Waals surface area contributed by atoms with E-state index in [1.165, 1.54) is 6.20 Å². The second-order valence-electron chi connectivity index (χ2n) is 5.97. The lowest BCUT2D eigenvalue weighted by Gasteiger charge is -2.10. The van der Waals surface area contributed by atoms with Crippen LogP contribution in [0.2, 0.25) is 0 Å². The minimum absolute atomic E-state index is 0.138. The fourth-order valence-corrected chi connectivity index (χ4v) is 2.70. The minimum Gasteiger partial charge on any atom is -0.354 e. The van der Waals surface area contributed by atoms with Gasteiger partial charge in [-0.3, -0.25) is 19.1 Å².